The average molecular weight is 312 g/mol. The maximum absolute atomic E-state index is 12.5. The third-order valence-electron chi connectivity index (χ3n) is 3.92. The Kier molecular flexibility index (Phi) is 6.85. The van der Waals surface area contributed by atoms with E-state index in [1.165, 1.54) is 0 Å². The molecule has 5 heteroatoms. The molecule has 0 radical (unpaired) electrons. The van der Waals surface area contributed by atoms with Gasteiger partial charge in [-0.25, -0.2) is 0 Å². The Morgan fingerprint density at radius 3 is 2.36 bits per heavy atom. The molecule has 0 bridgehead atoms. The molecule has 5 nitrogen and oxygen atoms in total. The van der Waals surface area contributed by atoms with E-state index in [-0.39, 0.29) is 23.8 Å². The van der Waals surface area contributed by atoms with Crippen molar-refractivity contribution in [2.24, 2.45) is 5.92 Å². The van der Waals surface area contributed by atoms with Crippen molar-refractivity contribution < 1.29 is 14.3 Å². The van der Waals surface area contributed by atoms with Crippen LogP contribution in [0.2, 0.25) is 0 Å². The third-order valence-corrected chi connectivity index (χ3v) is 3.92. The molecule has 22 heavy (non-hydrogen) atoms. The van der Waals surface area contributed by atoms with E-state index in [2.05, 4.69) is 11.8 Å². The lowest BCUT2D eigenvalue weighted by atomic mass is 10.0. The highest BCUT2D eigenvalue weighted by atomic mass is 16.6. The van der Waals surface area contributed by atoms with Gasteiger partial charge in [-0.3, -0.25) is 14.5 Å². The number of amides is 1. The maximum Gasteiger partial charge on any atom is 0.323 e. The van der Waals surface area contributed by atoms with Gasteiger partial charge < -0.3 is 9.64 Å². The second-order valence-corrected chi connectivity index (χ2v) is 7.42. The van der Waals surface area contributed by atoms with Gasteiger partial charge in [-0.05, 0) is 40.2 Å². The highest BCUT2D eigenvalue weighted by molar-refractivity contribution is 5.82. The van der Waals surface area contributed by atoms with Crippen molar-refractivity contribution in [1.29, 1.82) is 0 Å². The number of carbonyl (C=O) groups excluding carboxylic acids is 2. The van der Waals surface area contributed by atoms with E-state index in [0.29, 0.717) is 13.0 Å². The van der Waals surface area contributed by atoms with Crippen molar-refractivity contribution in [2.75, 3.05) is 27.2 Å². The number of rotatable bonds is 6. The first-order valence-corrected chi connectivity index (χ1v) is 8.33. The Balaban J connectivity index is 2.75. The van der Waals surface area contributed by atoms with Gasteiger partial charge in [-0.2, -0.15) is 0 Å². The van der Waals surface area contributed by atoms with Crippen LogP contribution in [0.4, 0.5) is 0 Å². The number of esters is 1. The summed E-state index contributed by atoms with van der Waals surface area (Å²) in [5.74, 6) is -0.196. The van der Waals surface area contributed by atoms with Crippen LogP contribution < -0.4 is 0 Å². The number of carbonyl (C=O) groups is 2. The molecular formula is C17H32N2O3. The molecule has 0 aromatic heterocycles. The van der Waals surface area contributed by atoms with Gasteiger partial charge in [-0.1, -0.05) is 19.8 Å². The predicted octanol–water partition coefficient (Wildman–Crippen LogP) is 2.30. The molecule has 128 valence electrons. The van der Waals surface area contributed by atoms with Gasteiger partial charge in [0.15, 0.2) is 0 Å². The lowest BCUT2D eigenvalue weighted by Crippen LogP contribution is -2.40. The summed E-state index contributed by atoms with van der Waals surface area (Å²) in [6.45, 7) is 9.31. The highest BCUT2D eigenvalue weighted by Crippen LogP contribution is 2.27. The van der Waals surface area contributed by atoms with Gasteiger partial charge in [0.1, 0.15) is 11.6 Å². The molecule has 1 fully saturated rings. The Hall–Kier alpha value is -1.10. The van der Waals surface area contributed by atoms with Crippen molar-refractivity contribution in [3.63, 3.8) is 0 Å². The molecule has 1 aliphatic rings. The van der Waals surface area contributed by atoms with Crippen LogP contribution in [0.1, 0.15) is 53.4 Å². The zero-order valence-electron chi connectivity index (χ0n) is 15.0. The maximum atomic E-state index is 12.5. The lowest BCUT2D eigenvalue weighted by molar-refractivity contribution is -0.160. The zero-order valence-corrected chi connectivity index (χ0v) is 15.0. The fourth-order valence-corrected chi connectivity index (χ4v) is 2.87. The van der Waals surface area contributed by atoms with Crippen molar-refractivity contribution in [2.45, 2.75) is 65.0 Å². The summed E-state index contributed by atoms with van der Waals surface area (Å²) < 4.78 is 5.54. The molecule has 1 aliphatic heterocycles. The molecule has 2 unspecified atom stereocenters. The summed E-state index contributed by atoms with van der Waals surface area (Å²) in [5, 5.41) is 0. The van der Waals surface area contributed by atoms with E-state index in [4.69, 9.17) is 4.74 Å². The monoisotopic (exact) mass is 312 g/mol. The Bertz CT molecular complexity index is 388. The molecule has 2 atom stereocenters. The number of nitrogens with zero attached hydrogens (tertiary/aromatic N) is 2. The van der Waals surface area contributed by atoms with Crippen LogP contribution in [-0.4, -0.2) is 60.5 Å². The van der Waals surface area contributed by atoms with E-state index in [1.807, 2.05) is 20.8 Å². The SMILES string of the molecule is CCCCCN1CC(C(=O)N(C)C)CC1C(=O)OC(C)(C)C. The van der Waals surface area contributed by atoms with Crippen LogP contribution in [0.3, 0.4) is 0 Å². The topological polar surface area (TPSA) is 49.9 Å². The van der Waals surface area contributed by atoms with Crippen LogP contribution in [0, 0.1) is 5.92 Å². The molecule has 0 spiro atoms. The van der Waals surface area contributed by atoms with Crippen LogP contribution >= 0.6 is 0 Å². The first-order chi connectivity index (χ1) is 10.2. The van der Waals surface area contributed by atoms with Gasteiger partial charge >= 0.3 is 5.97 Å². The smallest absolute Gasteiger partial charge is 0.323 e. The molecule has 0 saturated carbocycles. The first-order valence-electron chi connectivity index (χ1n) is 8.33. The minimum atomic E-state index is -0.490. The largest absolute Gasteiger partial charge is 0.459 e. The summed E-state index contributed by atoms with van der Waals surface area (Å²) in [6.07, 6.45) is 3.91. The van der Waals surface area contributed by atoms with Crippen molar-refractivity contribution in [1.82, 2.24) is 9.80 Å². The van der Waals surface area contributed by atoms with Crippen LogP contribution in [0.25, 0.3) is 0 Å². The number of likely N-dealkylation sites (tertiary alicyclic amines) is 1. The van der Waals surface area contributed by atoms with Gasteiger partial charge in [0, 0.05) is 20.6 Å². The molecule has 1 amide bonds. The van der Waals surface area contributed by atoms with E-state index in [9.17, 15) is 9.59 Å². The highest BCUT2D eigenvalue weighted by Gasteiger charge is 2.41. The van der Waals surface area contributed by atoms with E-state index < -0.39 is 5.60 Å². The minimum Gasteiger partial charge on any atom is -0.459 e. The van der Waals surface area contributed by atoms with Crippen molar-refractivity contribution >= 4 is 11.9 Å². The van der Waals surface area contributed by atoms with Crippen LogP contribution in [0.15, 0.2) is 0 Å². The summed E-state index contributed by atoms with van der Waals surface area (Å²) in [5.41, 5.74) is -0.490. The summed E-state index contributed by atoms with van der Waals surface area (Å²) in [4.78, 5) is 28.4. The third kappa shape index (κ3) is 5.59. The van der Waals surface area contributed by atoms with Crippen LogP contribution in [0.5, 0.6) is 0 Å². The van der Waals surface area contributed by atoms with Gasteiger partial charge in [0.05, 0.1) is 5.92 Å². The fourth-order valence-electron chi connectivity index (χ4n) is 2.87. The number of hydrogen-bond acceptors (Lipinski definition) is 4. The number of unbranched alkanes of at least 4 members (excludes halogenated alkanes) is 2. The number of ether oxygens (including phenoxy) is 1. The normalized spacial score (nSPS) is 22.6. The average Bonchev–Trinajstić information content (AvgIpc) is 2.80. The Morgan fingerprint density at radius 2 is 1.86 bits per heavy atom. The van der Waals surface area contributed by atoms with E-state index in [1.54, 1.807) is 19.0 Å². The van der Waals surface area contributed by atoms with Crippen LogP contribution in [-0.2, 0) is 14.3 Å². The zero-order chi connectivity index (χ0) is 16.9. The molecule has 0 aromatic carbocycles. The fraction of sp³-hybridized carbons (Fsp3) is 0.882. The quantitative estimate of drug-likeness (QED) is 0.558. The standard InChI is InChI=1S/C17H32N2O3/c1-7-8-9-10-19-12-13(15(20)18(5)6)11-14(19)16(21)22-17(2,3)4/h13-14H,7-12H2,1-6H3. The molecular weight excluding hydrogens is 280 g/mol. The number of hydrogen-bond donors (Lipinski definition) is 0. The van der Waals surface area contributed by atoms with Crippen molar-refractivity contribution in [3.05, 3.63) is 0 Å². The second-order valence-electron chi connectivity index (χ2n) is 7.42. The van der Waals surface area contributed by atoms with Crippen molar-refractivity contribution in [3.8, 4) is 0 Å². The molecule has 1 rings (SSSR count). The van der Waals surface area contributed by atoms with Gasteiger partial charge in [-0.15, -0.1) is 0 Å². The summed E-state index contributed by atoms with van der Waals surface area (Å²) >= 11 is 0. The Labute approximate surface area is 135 Å². The predicted molar refractivity (Wildman–Crippen MR) is 87.5 cm³/mol. The minimum absolute atomic E-state index is 0.103. The van der Waals surface area contributed by atoms with E-state index in [0.717, 1.165) is 25.8 Å². The second kappa shape index (κ2) is 7.95. The molecule has 0 aromatic rings. The summed E-state index contributed by atoms with van der Waals surface area (Å²) in [6, 6.07) is -0.287. The van der Waals surface area contributed by atoms with Gasteiger partial charge in [0.25, 0.3) is 0 Å². The lowest BCUT2D eigenvalue weighted by Gasteiger charge is -2.27. The molecule has 1 saturated heterocycles. The molecule has 0 N–H and O–H groups in total. The Morgan fingerprint density at radius 1 is 1.23 bits per heavy atom. The summed E-state index contributed by atoms with van der Waals surface area (Å²) in [7, 11) is 3.54. The van der Waals surface area contributed by atoms with Gasteiger partial charge in [0.2, 0.25) is 5.91 Å². The molecule has 0 aliphatic carbocycles. The first kappa shape index (κ1) is 18.9. The molecule has 1 heterocycles. The van der Waals surface area contributed by atoms with E-state index >= 15 is 0 Å².